The Morgan fingerprint density at radius 3 is 2.40 bits per heavy atom. The summed E-state index contributed by atoms with van der Waals surface area (Å²) in [7, 11) is -1.63. The van der Waals surface area contributed by atoms with Crippen LogP contribution >= 0.6 is 23.2 Å². The molecule has 0 radical (unpaired) electrons. The zero-order valence-electron chi connectivity index (χ0n) is 11.5. The van der Waals surface area contributed by atoms with Gasteiger partial charge in [-0.2, -0.15) is 0 Å². The predicted molar refractivity (Wildman–Crippen MR) is 83.7 cm³/mol. The van der Waals surface area contributed by atoms with E-state index >= 15 is 0 Å². The van der Waals surface area contributed by atoms with Gasteiger partial charge < -0.3 is 0 Å². The van der Waals surface area contributed by atoms with Crippen LogP contribution in [0, 0.1) is 0 Å². The molecule has 0 heterocycles. The third-order valence-corrected chi connectivity index (χ3v) is 6.47. The smallest absolute Gasteiger partial charge is 0.212 e. The van der Waals surface area contributed by atoms with Crippen LogP contribution in [-0.4, -0.2) is 25.8 Å². The molecular weight excluding hydrogens is 317 g/mol. The van der Waals surface area contributed by atoms with Gasteiger partial charge in [0.05, 0.1) is 15.8 Å². The Balaban J connectivity index is 2.11. The van der Waals surface area contributed by atoms with Gasteiger partial charge in [-0.1, -0.05) is 48.5 Å². The summed E-state index contributed by atoms with van der Waals surface area (Å²) in [6.07, 6.45) is 5.33. The van der Waals surface area contributed by atoms with Crippen molar-refractivity contribution in [1.82, 2.24) is 4.31 Å². The molecule has 1 fully saturated rings. The quantitative estimate of drug-likeness (QED) is 0.830. The molecule has 0 saturated heterocycles. The molecule has 1 aliphatic rings. The Bertz CT molecular complexity index is 569. The van der Waals surface area contributed by atoms with Gasteiger partial charge in [0.15, 0.2) is 0 Å². The standard InChI is InChI=1S/C14H19Cl2NO2S/c1-17(12-5-3-2-4-6-12)20(18,19)10-11-7-8-13(15)14(16)9-11/h7-9,12H,2-6,10H2,1H3. The summed E-state index contributed by atoms with van der Waals surface area (Å²) in [5.74, 6) is -0.0309. The SMILES string of the molecule is CN(C1CCCCC1)S(=O)(=O)Cc1ccc(Cl)c(Cl)c1. The minimum atomic E-state index is -3.31. The van der Waals surface area contributed by atoms with Gasteiger partial charge in [0, 0.05) is 13.1 Å². The first-order valence-electron chi connectivity index (χ1n) is 6.80. The Morgan fingerprint density at radius 1 is 1.15 bits per heavy atom. The molecule has 0 aliphatic heterocycles. The lowest BCUT2D eigenvalue weighted by Crippen LogP contribution is -2.38. The third kappa shape index (κ3) is 3.88. The number of halogens is 2. The molecule has 0 spiro atoms. The van der Waals surface area contributed by atoms with E-state index in [0.29, 0.717) is 15.6 Å². The lowest BCUT2D eigenvalue weighted by Gasteiger charge is -2.30. The van der Waals surface area contributed by atoms with Gasteiger partial charge in [-0.25, -0.2) is 12.7 Å². The number of sulfonamides is 1. The fourth-order valence-corrected chi connectivity index (χ4v) is 4.40. The second-order valence-corrected chi connectivity index (χ2v) is 8.16. The van der Waals surface area contributed by atoms with Crippen LogP contribution in [0.2, 0.25) is 10.0 Å². The molecule has 112 valence electrons. The number of nitrogens with zero attached hydrogens (tertiary/aromatic N) is 1. The number of benzene rings is 1. The molecule has 1 saturated carbocycles. The van der Waals surface area contributed by atoms with E-state index in [9.17, 15) is 8.42 Å². The molecule has 3 nitrogen and oxygen atoms in total. The van der Waals surface area contributed by atoms with Crippen molar-refractivity contribution < 1.29 is 8.42 Å². The summed E-state index contributed by atoms with van der Waals surface area (Å²) >= 11 is 11.8. The predicted octanol–water partition coefficient (Wildman–Crippen LogP) is 4.09. The minimum absolute atomic E-state index is 0.0309. The summed E-state index contributed by atoms with van der Waals surface area (Å²) in [5.41, 5.74) is 0.669. The number of hydrogen-bond donors (Lipinski definition) is 0. The van der Waals surface area contributed by atoms with Crippen molar-refractivity contribution in [3.8, 4) is 0 Å². The lowest BCUT2D eigenvalue weighted by molar-refractivity contribution is 0.285. The highest BCUT2D eigenvalue weighted by Gasteiger charge is 2.27. The number of rotatable bonds is 4. The van der Waals surface area contributed by atoms with Gasteiger partial charge in [-0.15, -0.1) is 0 Å². The van der Waals surface area contributed by atoms with Crippen LogP contribution in [-0.2, 0) is 15.8 Å². The van der Waals surface area contributed by atoms with Crippen LogP contribution in [0.25, 0.3) is 0 Å². The Hall–Kier alpha value is -0.290. The zero-order valence-corrected chi connectivity index (χ0v) is 13.8. The second-order valence-electron chi connectivity index (χ2n) is 5.31. The van der Waals surface area contributed by atoms with E-state index in [1.165, 1.54) is 10.7 Å². The maximum atomic E-state index is 12.4. The first-order chi connectivity index (χ1) is 9.40. The summed E-state index contributed by atoms with van der Waals surface area (Å²) in [6, 6.07) is 5.10. The van der Waals surface area contributed by atoms with Crippen molar-refractivity contribution in [3.05, 3.63) is 33.8 Å². The van der Waals surface area contributed by atoms with Crippen LogP contribution in [0.15, 0.2) is 18.2 Å². The van der Waals surface area contributed by atoms with Crippen LogP contribution < -0.4 is 0 Å². The molecule has 2 rings (SSSR count). The highest BCUT2D eigenvalue weighted by Crippen LogP contribution is 2.27. The molecule has 1 aromatic carbocycles. The normalized spacial score (nSPS) is 17.6. The fraction of sp³-hybridized carbons (Fsp3) is 0.571. The van der Waals surface area contributed by atoms with Crippen molar-refractivity contribution in [2.24, 2.45) is 0 Å². The van der Waals surface area contributed by atoms with Gasteiger partial charge in [-0.3, -0.25) is 0 Å². The first kappa shape index (κ1) is 16.1. The van der Waals surface area contributed by atoms with E-state index < -0.39 is 10.0 Å². The molecule has 1 aromatic rings. The molecule has 0 bridgehead atoms. The van der Waals surface area contributed by atoms with E-state index in [4.69, 9.17) is 23.2 Å². The summed E-state index contributed by atoms with van der Waals surface area (Å²) in [5, 5.41) is 0.827. The Morgan fingerprint density at radius 2 is 1.80 bits per heavy atom. The maximum Gasteiger partial charge on any atom is 0.218 e. The molecule has 20 heavy (non-hydrogen) atoms. The van der Waals surface area contributed by atoms with Gasteiger partial charge in [0.25, 0.3) is 0 Å². The summed E-state index contributed by atoms with van der Waals surface area (Å²) < 4.78 is 26.4. The van der Waals surface area contributed by atoms with E-state index in [-0.39, 0.29) is 11.8 Å². The highest BCUT2D eigenvalue weighted by molar-refractivity contribution is 7.88. The maximum absolute atomic E-state index is 12.4. The van der Waals surface area contributed by atoms with Crippen molar-refractivity contribution >= 4 is 33.2 Å². The van der Waals surface area contributed by atoms with Gasteiger partial charge in [0.1, 0.15) is 0 Å². The Kier molecular flexibility index (Phi) is 5.35. The fourth-order valence-electron chi connectivity index (χ4n) is 2.61. The van der Waals surface area contributed by atoms with Gasteiger partial charge >= 0.3 is 0 Å². The molecule has 1 aliphatic carbocycles. The van der Waals surface area contributed by atoms with Gasteiger partial charge in [-0.05, 0) is 30.5 Å². The largest absolute Gasteiger partial charge is 0.218 e. The van der Waals surface area contributed by atoms with E-state index in [0.717, 1.165) is 25.7 Å². The topological polar surface area (TPSA) is 37.4 Å². The van der Waals surface area contributed by atoms with E-state index in [1.807, 2.05) is 0 Å². The van der Waals surface area contributed by atoms with Crippen molar-refractivity contribution in [1.29, 1.82) is 0 Å². The van der Waals surface area contributed by atoms with Crippen LogP contribution in [0.4, 0.5) is 0 Å². The zero-order chi connectivity index (χ0) is 14.8. The molecular formula is C14H19Cl2NO2S. The third-order valence-electron chi connectivity index (χ3n) is 3.86. The second kappa shape index (κ2) is 6.65. The summed E-state index contributed by atoms with van der Waals surface area (Å²) in [6.45, 7) is 0. The van der Waals surface area contributed by atoms with E-state index in [1.54, 1.807) is 25.2 Å². The van der Waals surface area contributed by atoms with Crippen LogP contribution in [0.1, 0.15) is 37.7 Å². The van der Waals surface area contributed by atoms with Crippen LogP contribution in [0.5, 0.6) is 0 Å². The van der Waals surface area contributed by atoms with Crippen molar-refractivity contribution in [2.75, 3.05) is 7.05 Å². The van der Waals surface area contributed by atoms with Crippen molar-refractivity contribution in [3.63, 3.8) is 0 Å². The average Bonchev–Trinajstić information content (AvgIpc) is 2.43. The first-order valence-corrected chi connectivity index (χ1v) is 9.16. The molecule has 0 N–H and O–H groups in total. The minimum Gasteiger partial charge on any atom is -0.212 e. The molecule has 0 amide bonds. The molecule has 0 atom stereocenters. The van der Waals surface area contributed by atoms with E-state index in [2.05, 4.69) is 0 Å². The molecule has 0 unspecified atom stereocenters. The number of hydrogen-bond acceptors (Lipinski definition) is 2. The van der Waals surface area contributed by atoms with Gasteiger partial charge in [0.2, 0.25) is 10.0 Å². The Labute approximate surface area is 130 Å². The average molecular weight is 336 g/mol. The van der Waals surface area contributed by atoms with Crippen LogP contribution in [0.3, 0.4) is 0 Å². The highest BCUT2D eigenvalue weighted by atomic mass is 35.5. The molecule has 6 heteroatoms. The molecule has 0 aromatic heterocycles. The lowest BCUT2D eigenvalue weighted by atomic mass is 9.96. The van der Waals surface area contributed by atoms with Crippen molar-refractivity contribution in [2.45, 2.75) is 43.9 Å². The summed E-state index contributed by atoms with van der Waals surface area (Å²) in [4.78, 5) is 0. The monoisotopic (exact) mass is 335 g/mol.